The first-order chi connectivity index (χ1) is 9.70. The van der Waals surface area contributed by atoms with E-state index in [9.17, 15) is 9.90 Å². The van der Waals surface area contributed by atoms with Crippen LogP contribution in [0.5, 0.6) is 11.5 Å². The van der Waals surface area contributed by atoms with Crippen molar-refractivity contribution in [1.29, 1.82) is 0 Å². The Bertz CT molecular complexity index is 470. The fraction of sp³-hybridized carbons (Fsp3) is 0.462. The van der Waals surface area contributed by atoms with Crippen LogP contribution in [-0.4, -0.2) is 43.3 Å². The topological polar surface area (TPSA) is 79.8 Å². The molecule has 1 heterocycles. The van der Waals surface area contributed by atoms with E-state index in [1.54, 1.807) is 18.2 Å². The Hall–Kier alpha value is -1.66. The molecule has 0 fully saturated rings. The Morgan fingerprint density at radius 3 is 2.80 bits per heavy atom. The molecule has 3 N–H and O–H groups in total. The van der Waals surface area contributed by atoms with Crippen LogP contribution < -0.4 is 20.1 Å². The third-order valence-corrected chi connectivity index (χ3v) is 2.98. The summed E-state index contributed by atoms with van der Waals surface area (Å²) in [6, 6.07) is 4.86. The van der Waals surface area contributed by atoms with E-state index in [-0.39, 0.29) is 12.6 Å². The molecule has 1 aliphatic rings. The summed E-state index contributed by atoms with van der Waals surface area (Å²) in [5, 5.41) is 15.1. The van der Waals surface area contributed by atoms with Gasteiger partial charge in [-0.15, -0.1) is 11.6 Å². The highest BCUT2D eigenvalue weighted by Crippen LogP contribution is 2.32. The number of aliphatic hydroxyl groups excluding tert-OH is 1. The molecule has 0 spiro atoms. The number of rotatable bonds is 5. The highest BCUT2D eigenvalue weighted by atomic mass is 35.5. The van der Waals surface area contributed by atoms with E-state index >= 15 is 0 Å². The van der Waals surface area contributed by atoms with Gasteiger partial charge in [-0.1, -0.05) is 6.07 Å². The summed E-state index contributed by atoms with van der Waals surface area (Å²) >= 11 is 5.45. The van der Waals surface area contributed by atoms with Gasteiger partial charge in [-0.3, -0.25) is 0 Å². The number of amides is 2. The maximum atomic E-state index is 11.3. The van der Waals surface area contributed by atoms with Crippen LogP contribution in [0.2, 0.25) is 0 Å². The van der Waals surface area contributed by atoms with Crippen LogP contribution in [0.3, 0.4) is 0 Å². The molecule has 110 valence electrons. The molecule has 1 atom stereocenters. The maximum Gasteiger partial charge on any atom is 0.314 e. The molecular weight excluding hydrogens is 284 g/mol. The summed E-state index contributed by atoms with van der Waals surface area (Å²) < 4.78 is 10.8. The zero-order valence-electron chi connectivity index (χ0n) is 10.9. The minimum absolute atomic E-state index is 0.105. The average Bonchev–Trinajstić information content (AvgIpc) is 2.50. The van der Waals surface area contributed by atoms with Crippen LogP contribution in [0, 0.1) is 0 Å². The normalized spacial score (nSPS) is 14.5. The molecule has 0 bridgehead atoms. The first kappa shape index (κ1) is 14.7. The molecule has 20 heavy (non-hydrogen) atoms. The maximum absolute atomic E-state index is 11.3. The van der Waals surface area contributed by atoms with Crippen LogP contribution in [0.15, 0.2) is 18.2 Å². The fourth-order valence-electron chi connectivity index (χ4n) is 1.80. The zero-order valence-corrected chi connectivity index (χ0v) is 11.7. The van der Waals surface area contributed by atoms with E-state index in [0.717, 1.165) is 0 Å². The van der Waals surface area contributed by atoms with Gasteiger partial charge in [0.1, 0.15) is 13.2 Å². The lowest BCUT2D eigenvalue weighted by molar-refractivity contribution is 0.163. The van der Waals surface area contributed by atoms with Gasteiger partial charge in [0, 0.05) is 19.0 Å². The summed E-state index contributed by atoms with van der Waals surface area (Å²) in [6.45, 7) is 1.50. The molecule has 0 radical (unpaired) electrons. The molecule has 2 amide bonds. The molecule has 7 heteroatoms. The van der Waals surface area contributed by atoms with Crippen molar-refractivity contribution in [3.05, 3.63) is 23.8 Å². The lowest BCUT2D eigenvalue weighted by Crippen LogP contribution is -2.38. The van der Waals surface area contributed by atoms with Crippen molar-refractivity contribution in [2.75, 3.05) is 32.2 Å². The Labute approximate surface area is 122 Å². The van der Waals surface area contributed by atoms with Gasteiger partial charge in [-0.25, -0.2) is 4.79 Å². The Balaban J connectivity index is 1.89. The van der Waals surface area contributed by atoms with Crippen molar-refractivity contribution in [2.24, 2.45) is 0 Å². The summed E-state index contributed by atoms with van der Waals surface area (Å²) in [6.07, 6.45) is -0.812. The minimum atomic E-state index is -0.812. The summed E-state index contributed by atoms with van der Waals surface area (Å²) in [4.78, 5) is 11.3. The van der Waals surface area contributed by atoms with Crippen molar-refractivity contribution in [1.82, 2.24) is 10.6 Å². The highest BCUT2D eigenvalue weighted by Gasteiger charge is 2.15. The molecule has 0 aliphatic carbocycles. The average molecular weight is 301 g/mol. The van der Waals surface area contributed by atoms with Crippen molar-refractivity contribution in [3.63, 3.8) is 0 Å². The van der Waals surface area contributed by atoms with Crippen molar-refractivity contribution < 1.29 is 19.4 Å². The van der Waals surface area contributed by atoms with E-state index in [1.807, 2.05) is 0 Å². The second-order valence-electron chi connectivity index (χ2n) is 4.24. The van der Waals surface area contributed by atoms with Gasteiger partial charge in [-0.2, -0.15) is 0 Å². The number of urea groups is 1. The Morgan fingerprint density at radius 1 is 1.30 bits per heavy atom. The Morgan fingerprint density at radius 2 is 2.05 bits per heavy atom. The fourth-order valence-corrected chi connectivity index (χ4v) is 1.89. The number of benzene rings is 1. The Kier molecular flexibility index (Phi) is 5.31. The lowest BCUT2D eigenvalue weighted by atomic mass is 10.1. The quantitative estimate of drug-likeness (QED) is 0.710. The predicted octanol–water partition coefficient (Wildman–Crippen LogP) is 1.03. The van der Waals surface area contributed by atoms with E-state index in [2.05, 4.69) is 10.6 Å². The zero-order chi connectivity index (χ0) is 14.4. The number of hydrogen-bond acceptors (Lipinski definition) is 4. The summed E-state index contributed by atoms with van der Waals surface area (Å²) in [5.74, 6) is 1.62. The molecule has 1 unspecified atom stereocenters. The van der Waals surface area contributed by atoms with E-state index in [4.69, 9.17) is 21.1 Å². The van der Waals surface area contributed by atoms with Gasteiger partial charge in [0.25, 0.3) is 0 Å². The van der Waals surface area contributed by atoms with Crippen molar-refractivity contribution in [3.8, 4) is 11.5 Å². The van der Waals surface area contributed by atoms with E-state index in [0.29, 0.717) is 42.7 Å². The summed E-state index contributed by atoms with van der Waals surface area (Å²) in [7, 11) is 0. The molecule has 0 saturated carbocycles. The number of nitrogens with one attached hydrogen (secondary N) is 2. The largest absolute Gasteiger partial charge is 0.486 e. The van der Waals surface area contributed by atoms with Crippen LogP contribution in [0.1, 0.15) is 11.7 Å². The number of hydrogen-bond donors (Lipinski definition) is 3. The standard InChI is InChI=1S/C13H17ClN2O4/c14-3-4-15-13(18)16-8-10(17)9-1-2-11-12(7-9)20-6-5-19-11/h1-2,7,10,17H,3-6,8H2,(H2,15,16,18). The minimum Gasteiger partial charge on any atom is -0.486 e. The van der Waals surface area contributed by atoms with Crippen LogP contribution in [-0.2, 0) is 0 Å². The number of alkyl halides is 1. The number of aliphatic hydroxyl groups is 1. The predicted molar refractivity (Wildman–Crippen MR) is 74.5 cm³/mol. The molecule has 1 aliphatic heterocycles. The molecule has 0 saturated heterocycles. The molecule has 0 aromatic heterocycles. The van der Waals surface area contributed by atoms with Crippen molar-refractivity contribution >= 4 is 17.6 Å². The van der Waals surface area contributed by atoms with Gasteiger partial charge in [0.15, 0.2) is 11.5 Å². The van der Waals surface area contributed by atoms with E-state index < -0.39 is 6.10 Å². The molecule has 1 aromatic rings. The smallest absolute Gasteiger partial charge is 0.314 e. The van der Waals surface area contributed by atoms with Gasteiger partial charge >= 0.3 is 6.03 Å². The van der Waals surface area contributed by atoms with Gasteiger partial charge < -0.3 is 25.2 Å². The number of ether oxygens (including phenoxy) is 2. The first-order valence-corrected chi connectivity index (χ1v) is 6.89. The van der Waals surface area contributed by atoms with Crippen LogP contribution in [0.25, 0.3) is 0 Å². The number of carbonyl (C=O) groups excluding carboxylic acids is 1. The summed E-state index contributed by atoms with van der Waals surface area (Å²) in [5.41, 5.74) is 0.659. The lowest BCUT2D eigenvalue weighted by Gasteiger charge is -2.20. The second-order valence-corrected chi connectivity index (χ2v) is 4.62. The molecule has 1 aromatic carbocycles. The highest BCUT2D eigenvalue weighted by molar-refractivity contribution is 6.18. The molecular formula is C13H17ClN2O4. The number of fused-ring (bicyclic) bond motifs is 1. The molecule has 2 rings (SSSR count). The van der Waals surface area contributed by atoms with Crippen LogP contribution in [0.4, 0.5) is 4.79 Å². The SMILES string of the molecule is O=C(NCCCl)NCC(O)c1ccc2c(c1)OCCO2. The number of halogens is 1. The first-order valence-electron chi connectivity index (χ1n) is 6.36. The van der Waals surface area contributed by atoms with Crippen molar-refractivity contribution in [2.45, 2.75) is 6.10 Å². The van der Waals surface area contributed by atoms with Gasteiger partial charge in [0.05, 0.1) is 6.10 Å². The van der Waals surface area contributed by atoms with Gasteiger partial charge in [0.2, 0.25) is 0 Å². The molecule has 6 nitrogen and oxygen atoms in total. The van der Waals surface area contributed by atoms with Gasteiger partial charge in [-0.05, 0) is 17.7 Å². The number of carbonyl (C=O) groups is 1. The van der Waals surface area contributed by atoms with Crippen LogP contribution >= 0.6 is 11.6 Å². The van der Waals surface area contributed by atoms with E-state index in [1.165, 1.54) is 0 Å². The second kappa shape index (κ2) is 7.21. The monoisotopic (exact) mass is 300 g/mol. The third kappa shape index (κ3) is 3.91. The third-order valence-electron chi connectivity index (χ3n) is 2.79.